The molecule has 0 radical (unpaired) electrons. The van der Waals surface area contributed by atoms with E-state index in [1.54, 1.807) is 11.0 Å². The van der Waals surface area contributed by atoms with Crippen molar-refractivity contribution in [2.45, 2.75) is 31.0 Å². The minimum absolute atomic E-state index is 0.0609. The van der Waals surface area contributed by atoms with Gasteiger partial charge in [-0.15, -0.1) is 0 Å². The number of hydrogen-bond donors (Lipinski definition) is 1. The van der Waals surface area contributed by atoms with Gasteiger partial charge in [-0.1, -0.05) is 12.1 Å². The highest BCUT2D eigenvalue weighted by molar-refractivity contribution is 5.76. The fraction of sp³-hybridized carbons (Fsp3) is 0.632. The maximum Gasteiger partial charge on any atom is 0.434 e. The fourth-order valence-electron chi connectivity index (χ4n) is 3.73. The van der Waals surface area contributed by atoms with Crippen LogP contribution in [0.15, 0.2) is 18.2 Å². The Hall–Kier alpha value is -2.12. The quantitative estimate of drug-likeness (QED) is 0.524. The molecule has 0 bridgehead atoms. The second-order valence-corrected chi connectivity index (χ2v) is 7.44. The first-order valence-electron chi connectivity index (χ1n) is 9.87. The van der Waals surface area contributed by atoms with Gasteiger partial charge in [0.1, 0.15) is 11.9 Å². The van der Waals surface area contributed by atoms with Crippen molar-refractivity contribution in [3.63, 3.8) is 0 Å². The predicted molar refractivity (Wildman–Crippen MR) is 98.5 cm³/mol. The van der Waals surface area contributed by atoms with Crippen LogP contribution < -0.4 is 10.2 Å². The largest absolute Gasteiger partial charge is 0.442 e. The first kappa shape index (κ1) is 24.5. The Morgan fingerprint density at radius 2 is 1.78 bits per heavy atom. The lowest BCUT2D eigenvalue weighted by molar-refractivity contribution is -0.314. The van der Waals surface area contributed by atoms with E-state index in [4.69, 9.17) is 4.74 Å². The van der Waals surface area contributed by atoms with E-state index >= 15 is 0 Å². The molecule has 0 aliphatic carbocycles. The Bertz CT molecular complexity index is 783. The molecule has 180 valence electrons. The third-order valence-corrected chi connectivity index (χ3v) is 5.23. The standard InChI is InChI=1S/C19H22F7N3O3/c20-13-3-1-2-12(15(13)28-6-8-31-9-7-28)11-29-5-4-27-10-14(29)16(30)32-17(18(21,22)23)19(24,25)26/h1-3,14,17,27H,4-11H2. The highest BCUT2D eigenvalue weighted by Crippen LogP contribution is 2.36. The van der Waals surface area contributed by atoms with Crippen molar-refractivity contribution < 1.29 is 45.0 Å². The summed E-state index contributed by atoms with van der Waals surface area (Å²) in [7, 11) is 0. The number of anilines is 1. The SMILES string of the molecule is O=C(OC(C(F)(F)F)C(F)(F)F)C1CNCCN1Cc1cccc(F)c1N1CCOCC1. The number of esters is 1. The molecule has 0 amide bonds. The molecule has 2 fully saturated rings. The molecule has 2 aliphatic rings. The number of nitrogens with zero attached hydrogens (tertiary/aromatic N) is 2. The molecule has 0 saturated carbocycles. The van der Waals surface area contributed by atoms with Gasteiger partial charge in [-0.3, -0.25) is 9.69 Å². The summed E-state index contributed by atoms with van der Waals surface area (Å²) < 4.78 is 101. The van der Waals surface area contributed by atoms with Gasteiger partial charge >= 0.3 is 18.3 Å². The van der Waals surface area contributed by atoms with Gasteiger partial charge in [0.25, 0.3) is 6.10 Å². The van der Waals surface area contributed by atoms with Crippen LogP contribution in [0.4, 0.5) is 36.4 Å². The summed E-state index contributed by atoms with van der Waals surface area (Å²) >= 11 is 0. The molecule has 1 atom stereocenters. The lowest BCUT2D eigenvalue weighted by Crippen LogP contribution is -2.57. The van der Waals surface area contributed by atoms with Gasteiger partial charge in [0.15, 0.2) is 0 Å². The third kappa shape index (κ3) is 5.81. The molecule has 2 aliphatic heterocycles. The summed E-state index contributed by atoms with van der Waals surface area (Å²) in [6.45, 7) is 1.81. The monoisotopic (exact) mass is 473 g/mol. The number of nitrogens with one attached hydrogen (secondary N) is 1. The van der Waals surface area contributed by atoms with Crippen molar-refractivity contribution in [3.8, 4) is 0 Å². The number of morpholine rings is 1. The predicted octanol–water partition coefficient (Wildman–Crippen LogP) is 2.47. The summed E-state index contributed by atoms with van der Waals surface area (Å²) in [5.41, 5.74) is 0.722. The third-order valence-electron chi connectivity index (χ3n) is 5.23. The van der Waals surface area contributed by atoms with Crippen LogP contribution in [0, 0.1) is 5.82 Å². The van der Waals surface area contributed by atoms with Crippen LogP contribution in [0.1, 0.15) is 5.56 Å². The number of carbonyl (C=O) groups excluding carboxylic acids is 1. The van der Waals surface area contributed by atoms with Crippen molar-refractivity contribution >= 4 is 11.7 Å². The van der Waals surface area contributed by atoms with E-state index in [9.17, 15) is 35.5 Å². The topological polar surface area (TPSA) is 54.0 Å². The molecular formula is C19H22F7N3O3. The molecule has 1 N–H and O–H groups in total. The van der Waals surface area contributed by atoms with Gasteiger partial charge in [-0.2, -0.15) is 26.3 Å². The molecule has 32 heavy (non-hydrogen) atoms. The molecular weight excluding hydrogens is 451 g/mol. The highest BCUT2D eigenvalue weighted by Gasteiger charge is 2.60. The molecule has 3 rings (SSSR count). The average Bonchev–Trinajstić information content (AvgIpc) is 2.71. The van der Waals surface area contributed by atoms with Gasteiger partial charge in [-0.25, -0.2) is 4.39 Å². The summed E-state index contributed by atoms with van der Waals surface area (Å²) in [6.07, 6.45) is -15.8. The van der Waals surface area contributed by atoms with Crippen LogP contribution in [0.25, 0.3) is 0 Å². The van der Waals surface area contributed by atoms with Crippen LogP contribution in [-0.2, 0) is 20.8 Å². The lowest BCUT2D eigenvalue weighted by Gasteiger charge is -2.37. The van der Waals surface area contributed by atoms with Crippen LogP contribution >= 0.6 is 0 Å². The van der Waals surface area contributed by atoms with Crippen molar-refractivity contribution in [2.75, 3.05) is 50.8 Å². The van der Waals surface area contributed by atoms with E-state index < -0.39 is 36.3 Å². The van der Waals surface area contributed by atoms with Crippen molar-refractivity contribution in [1.29, 1.82) is 0 Å². The number of ether oxygens (including phenoxy) is 2. The smallest absolute Gasteiger partial charge is 0.434 e. The molecule has 2 heterocycles. The number of benzene rings is 1. The molecule has 1 aromatic rings. The van der Waals surface area contributed by atoms with E-state index in [1.807, 2.05) is 0 Å². The fourth-order valence-corrected chi connectivity index (χ4v) is 3.73. The van der Waals surface area contributed by atoms with E-state index in [2.05, 4.69) is 10.1 Å². The Balaban J connectivity index is 1.80. The van der Waals surface area contributed by atoms with Crippen LogP contribution in [0.5, 0.6) is 0 Å². The second kappa shape index (κ2) is 9.79. The van der Waals surface area contributed by atoms with Crippen LogP contribution in [-0.4, -0.2) is 81.3 Å². The normalized spacial score (nSPS) is 21.1. The molecule has 2 saturated heterocycles. The number of halogens is 7. The molecule has 6 nitrogen and oxygen atoms in total. The molecule has 13 heteroatoms. The minimum Gasteiger partial charge on any atom is -0.442 e. The van der Waals surface area contributed by atoms with Gasteiger partial charge < -0.3 is 19.7 Å². The highest BCUT2D eigenvalue weighted by atomic mass is 19.4. The Morgan fingerprint density at radius 3 is 2.41 bits per heavy atom. The second-order valence-electron chi connectivity index (χ2n) is 7.44. The Morgan fingerprint density at radius 1 is 1.12 bits per heavy atom. The summed E-state index contributed by atoms with van der Waals surface area (Å²) in [5, 5.41) is 2.77. The summed E-state index contributed by atoms with van der Waals surface area (Å²) in [6, 6.07) is 2.91. The van der Waals surface area contributed by atoms with Gasteiger partial charge in [0.2, 0.25) is 0 Å². The van der Waals surface area contributed by atoms with E-state index in [-0.39, 0.29) is 25.3 Å². The zero-order valence-electron chi connectivity index (χ0n) is 16.8. The van der Waals surface area contributed by atoms with Crippen molar-refractivity contribution in [2.24, 2.45) is 0 Å². The minimum atomic E-state index is -5.80. The zero-order chi connectivity index (χ0) is 23.5. The summed E-state index contributed by atoms with van der Waals surface area (Å²) in [5.74, 6) is -2.17. The molecule has 0 spiro atoms. The number of alkyl halides is 6. The van der Waals surface area contributed by atoms with E-state index in [0.717, 1.165) is 0 Å². The van der Waals surface area contributed by atoms with E-state index in [1.165, 1.54) is 17.0 Å². The number of rotatable bonds is 5. The number of hydrogen-bond acceptors (Lipinski definition) is 6. The molecule has 1 unspecified atom stereocenters. The Labute approximate surface area is 179 Å². The lowest BCUT2D eigenvalue weighted by atomic mass is 10.1. The number of piperazine rings is 1. The van der Waals surface area contributed by atoms with E-state index in [0.29, 0.717) is 38.4 Å². The van der Waals surface area contributed by atoms with Crippen LogP contribution in [0.3, 0.4) is 0 Å². The first-order chi connectivity index (χ1) is 15.0. The maximum atomic E-state index is 14.6. The molecule has 1 aromatic carbocycles. The number of para-hydroxylation sites is 1. The van der Waals surface area contributed by atoms with Crippen molar-refractivity contribution in [1.82, 2.24) is 10.2 Å². The van der Waals surface area contributed by atoms with Crippen LogP contribution in [0.2, 0.25) is 0 Å². The maximum absolute atomic E-state index is 14.6. The van der Waals surface area contributed by atoms with Gasteiger partial charge in [0.05, 0.1) is 18.9 Å². The Kier molecular flexibility index (Phi) is 7.50. The summed E-state index contributed by atoms with van der Waals surface area (Å²) in [4.78, 5) is 15.5. The zero-order valence-corrected chi connectivity index (χ0v) is 16.8. The van der Waals surface area contributed by atoms with Gasteiger partial charge in [0, 0.05) is 39.3 Å². The number of carbonyl (C=O) groups is 1. The first-order valence-corrected chi connectivity index (χ1v) is 9.87. The average molecular weight is 473 g/mol. The van der Waals surface area contributed by atoms with Gasteiger partial charge in [-0.05, 0) is 11.6 Å². The van der Waals surface area contributed by atoms with Crippen molar-refractivity contribution in [3.05, 3.63) is 29.6 Å². The molecule has 0 aromatic heterocycles.